The van der Waals surface area contributed by atoms with E-state index in [-0.39, 0.29) is 17.8 Å². The topological polar surface area (TPSA) is 54.0 Å². The van der Waals surface area contributed by atoms with Crippen LogP contribution in [0.3, 0.4) is 0 Å². The van der Waals surface area contributed by atoms with Gasteiger partial charge < -0.3 is 10.6 Å². The van der Waals surface area contributed by atoms with Crippen LogP contribution in [0.15, 0.2) is 30.5 Å². The van der Waals surface area contributed by atoms with Crippen LogP contribution in [0.4, 0.5) is 4.39 Å². The maximum absolute atomic E-state index is 13.0. The zero-order valence-corrected chi connectivity index (χ0v) is 12.7. The number of benzene rings is 1. The van der Waals surface area contributed by atoms with E-state index < -0.39 is 0 Å². The molecule has 1 aromatic heterocycles. The van der Waals surface area contributed by atoms with Crippen molar-refractivity contribution in [3.63, 3.8) is 0 Å². The Morgan fingerprint density at radius 1 is 1.32 bits per heavy atom. The minimum absolute atomic E-state index is 0.113. The minimum Gasteiger partial charge on any atom is -0.346 e. The second-order valence-electron chi connectivity index (χ2n) is 5.90. The molecule has 0 radical (unpaired) electrons. The van der Waals surface area contributed by atoms with Gasteiger partial charge in [-0.2, -0.15) is 0 Å². The van der Waals surface area contributed by atoms with Crippen LogP contribution in [0.1, 0.15) is 29.1 Å². The van der Waals surface area contributed by atoms with E-state index in [9.17, 15) is 9.18 Å². The van der Waals surface area contributed by atoms with Crippen molar-refractivity contribution in [1.29, 1.82) is 0 Å². The summed E-state index contributed by atoms with van der Waals surface area (Å²) < 4.78 is 13.0. The highest BCUT2D eigenvalue weighted by Gasteiger charge is 2.39. The Bertz CT molecular complexity index is 700. The highest BCUT2D eigenvalue weighted by molar-refractivity contribution is 7.16. The largest absolute Gasteiger partial charge is 0.346 e. The monoisotopic (exact) mass is 317 g/mol. The first-order chi connectivity index (χ1) is 10.7. The normalized spacial score (nSPS) is 26.3. The molecule has 2 bridgehead atoms. The van der Waals surface area contributed by atoms with E-state index in [1.54, 1.807) is 18.3 Å². The molecule has 0 spiro atoms. The van der Waals surface area contributed by atoms with Crippen molar-refractivity contribution in [3.8, 4) is 10.4 Å². The van der Waals surface area contributed by atoms with Gasteiger partial charge in [-0.25, -0.2) is 9.37 Å². The Kier molecular flexibility index (Phi) is 3.43. The highest BCUT2D eigenvalue weighted by Crippen LogP contribution is 2.29. The first kappa shape index (κ1) is 13.8. The zero-order valence-electron chi connectivity index (χ0n) is 11.9. The Labute approximate surface area is 131 Å². The Balaban J connectivity index is 1.46. The number of amides is 1. The van der Waals surface area contributed by atoms with Crippen LogP contribution in [0.25, 0.3) is 10.4 Å². The van der Waals surface area contributed by atoms with Gasteiger partial charge in [0.15, 0.2) is 5.01 Å². The van der Waals surface area contributed by atoms with Crippen LogP contribution >= 0.6 is 11.3 Å². The highest BCUT2D eigenvalue weighted by atomic mass is 32.1. The number of nitrogens with one attached hydrogen (secondary N) is 2. The fourth-order valence-corrected chi connectivity index (χ4v) is 4.17. The summed E-state index contributed by atoms with van der Waals surface area (Å²) in [4.78, 5) is 17.4. The van der Waals surface area contributed by atoms with Gasteiger partial charge in [0, 0.05) is 24.3 Å². The fraction of sp³-hybridized carbons (Fsp3) is 0.375. The molecule has 3 unspecified atom stereocenters. The van der Waals surface area contributed by atoms with Gasteiger partial charge in [0.2, 0.25) is 0 Å². The SMILES string of the molecule is O=C(NC1CC2CCC1N2)c1ncc(-c2ccc(F)cc2)s1. The molecule has 1 amide bonds. The standard InChI is InChI=1S/C16H16FN3OS/c17-10-3-1-9(2-4-10)14-8-18-16(22-14)15(21)20-13-7-11-5-6-12(13)19-11/h1-4,8,11-13,19H,5-7H2,(H,20,21). The van der Waals surface area contributed by atoms with E-state index in [2.05, 4.69) is 15.6 Å². The summed E-state index contributed by atoms with van der Waals surface area (Å²) >= 11 is 1.34. The average Bonchev–Trinajstić information content (AvgIpc) is 3.24. The van der Waals surface area contributed by atoms with Crippen LogP contribution in [0.5, 0.6) is 0 Å². The number of halogens is 1. The Morgan fingerprint density at radius 2 is 2.14 bits per heavy atom. The second-order valence-corrected chi connectivity index (χ2v) is 6.93. The minimum atomic E-state index is -0.269. The molecule has 4 rings (SSSR count). The van der Waals surface area contributed by atoms with Gasteiger partial charge in [-0.15, -0.1) is 11.3 Å². The van der Waals surface area contributed by atoms with Crippen molar-refractivity contribution in [2.75, 3.05) is 0 Å². The molecule has 2 aliphatic rings. The third-order valence-electron chi connectivity index (χ3n) is 4.45. The number of hydrogen-bond donors (Lipinski definition) is 2. The summed E-state index contributed by atoms with van der Waals surface area (Å²) in [6.45, 7) is 0. The van der Waals surface area contributed by atoms with Crippen molar-refractivity contribution in [1.82, 2.24) is 15.6 Å². The first-order valence-corrected chi connectivity index (χ1v) is 8.29. The van der Waals surface area contributed by atoms with Crippen molar-refractivity contribution in [3.05, 3.63) is 41.3 Å². The van der Waals surface area contributed by atoms with Gasteiger partial charge in [0.25, 0.3) is 5.91 Å². The molecule has 114 valence electrons. The average molecular weight is 317 g/mol. The van der Waals surface area contributed by atoms with Crippen LogP contribution in [0, 0.1) is 5.82 Å². The number of carbonyl (C=O) groups is 1. The number of nitrogens with zero attached hydrogens (tertiary/aromatic N) is 1. The predicted molar refractivity (Wildman–Crippen MR) is 83.3 cm³/mol. The molecule has 0 saturated carbocycles. The lowest BCUT2D eigenvalue weighted by atomic mass is 9.95. The summed E-state index contributed by atoms with van der Waals surface area (Å²) in [6, 6.07) is 7.40. The first-order valence-electron chi connectivity index (χ1n) is 7.48. The molecule has 3 atom stereocenters. The maximum atomic E-state index is 13.0. The van der Waals surface area contributed by atoms with Gasteiger partial charge in [0.1, 0.15) is 5.82 Å². The summed E-state index contributed by atoms with van der Waals surface area (Å²) in [5.74, 6) is -0.382. The molecule has 4 nitrogen and oxygen atoms in total. The molecule has 3 heterocycles. The van der Waals surface area contributed by atoms with Gasteiger partial charge in [0.05, 0.1) is 4.88 Å². The molecule has 2 fully saturated rings. The third-order valence-corrected chi connectivity index (χ3v) is 5.49. The Hall–Kier alpha value is -1.79. The van der Waals surface area contributed by atoms with Crippen LogP contribution in [-0.4, -0.2) is 29.0 Å². The number of rotatable bonds is 3. The van der Waals surface area contributed by atoms with Crippen molar-refractivity contribution in [2.45, 2.75) is 37.4 Å². The molecule has 2 aliphatic heterocycles. The van der Waals surface area contributed by atoms with Gasteiger partial charge in [-0.3, -0.25) is 4.79 Å². The van der Waals surface area contributed by atoms with E-state index in [0.717, 1.165) is 23.3 Å². The molecular weight excluding hydrogens is 301 g/mol. The molecule has 2 aromatic rings. The molecule has 22 heavy (non-hydrogen) atoms. The van der Waals surface area contributed by atoms with E-state index in [0.29, 0.717) is 17.1 Å². The lowest BCUT2D eigenvalue weighted by molar-refractivity contribution is 0.0930. The van der Waals surface area contributed by atoms with Gasteiger partial charge in [-0.1, -0.05) is 12.1 Å². The van der Waals surface area contributed by atoms with Gasteiger partial charge in [-0.05, 0) is 37.0 Å². The van der Waals surface area contributed by atoms with E-state index >= 15 is 0 Å². The molecule has 2 saturated heterocycles. The number of thiazole rings is 1. The molecular formula is C16H16FN3OS. The molecule has 1 aromatic carbocycles. The summed E-state index contributed by atoms with van der Waals surface area (Å²) in [7, 11) is 0. The smallest absolute Gasteiger partial charge is 0.280 e. The summed E-state index contributed by atoms with van der Waals surface area (Å²) in [6.07, 6.45) is 5.02. The maximum Gasteiger partial charge on any atom is 0.280 e. The third kappa shape index (κ3) is 2.53. The van der Waals surface area contributed by atoms with Crippen molar-refractivity contribution in [2.24, 2.45) is 0 Å². The van der Waals surface area contributed by atoms with Gasteiger partial charge >= 0.3 is 0 Å². The van der Waals surface area contributed by atoms with Crippen LogP contribution in [0.2, 0.25) is 0 Å². The van der Waals surface area contributed by atoms with E-state index in [1.165, 1.54) is 29.9 Å². The van der Waals surface area contributed by atoms with E-state index in [4.69, 9.17) is 0 Å². The lowest BCUT2D eigenvalue weighted by Gasteiger charge is -2.20. The second kappa shape index (κ2) is 5.44. The van der Waals surface area contributed by atoms with Crippen molar-refractivity contribution < 1.29 is 9.18 Å². The zero-order chi connectivity index (χ0) is 15.1. The number of fused-ring (bicyclic) bond motifs is 2. The predicted octanol–water partition coefficient (Wildman–Crippen LogP) is 2.57. The van der Waals surface area contributed by atoms with Crippen LogP contribution < -0.4 is 10.6 Å². The lowest BCUT2D eigenvalue weighted by Crippen LogP contribution is -2.42. The number of carbonyl (C=O) groups excluding carboxylic acids is 1. The quantitative estimate of drug-likeness (QED) is 0.915. The van der Waals surface area contributed by atoms with Crippen LogP contribution in [-0.2, 0) is 0 Å². The molecule has 6 heteroatoms. The number of aromatic nitrogens is 1. The molecule has 0 aliphatic carbocycles. The number of hydrogen-bond acceptors (Lipinski definition) is 4. The summed E-state index contributed by atoms with van der Waals surface area (Å²) in [5, 5.41) is 7.05. The fourth-order valence-electron chi connectivity index (χ4n) is 3.34. The van der Waals surface area contributed by atoms with E-state index in [1.807, 2.05) is 0 Å². The molecule has 2 N–H and O–H groups in total. The van der Waals surface area contributed by atoms with Crippen molar-refractivity contribution >= 4 is 17.2 Å². The summed E-state index contributed by atoms with van der Waals surface area (Å²) in [5.41, 5.74) is 0.875. The Morgan fingerprint density at radius 3 is 2.82 bits per heavy atom.